The van der Waals surface area contributed by atoms with Crippen LogP contribution >= 0.6 is 0 Å². The lowest BCUT2D eigenvalue weighted by molar-refractivity contribution is -0.0845. The number of nitrogens with zero attached hydrogens (tertiary/aromatic N) is 3. The van der Waals surface area contributed by atoms with Gasteiger partial charge in [-0.3, -0.25) is 4.79 Å². The maximum Gasteiger partial charge on any atom is 0.288 e. The van der Waals surface area contributed by atoms with Crippen molar-refractivity contribution in [3.63, 3.8) is 0 Å². The van der Waals surface area contributed by atoms with Gasteiger partial charge in [-0.1, -0.05) is 40.0 Å². The summed E-state index contributed by atoms with van der Waals surface area (Å²) in [7, 11) is 0. The van der Waals surface area contributed by atoms with Gasteiger partial charge in [0.2, 0.25) is 5.82 Å². The second-order valence-electron chi connectivity index (χ2n) is 7.28. The van der Waals surface area contributed by atoms with Crippen molar-refractivity contribution in [2.24, 2.45) is 5.73 Å². The molecule has 1 fully saturated rings. The summed E-state index contributed by atoms with van der Waals surface area (Å²) in [5, 5.41) is 4.17. The molecular formula is C20H36N4O5. The van der Waals surface area contributed by atoms with Gasteiger partial charge in [0.05, 0.1) is 6.61 Å². The summed E-state index contributed by atoms with van der Waals surface area (Å²) in [6, 6.07) is 0. The van der Waals surface area contributed by atoms with Crippen LogP contribution in [0.1, 0.15) is 76.1 Å². The van der Waals surface area contributed by atoms with Gasteiger partial charge in [-0.2, -0.15) is 0 Å². The van der Waals surface area contributed by atoms with Gasteiger partial charge in [-0.05, 0) is 19.3 Å². The van der Waals surface area contributed by atoms with Crippen molar-refractivity contribution in [2.75, 3.05) is 26.4 Å². The number of primary amides is 1. The molecule has 4 atom stereocenters. The van der Waals surface area contributed by atoms with Crippen LogP contribution in [0.2, 0.25) is 0 Å². The Morgan fingerprint density at radius 1 is 1.07 bits per heavy atom. The van der Waals surface area contributed by atoms with E-state index in [-0.39, 0.29) is 24.1 Å². The number of hydrogen-bond donors (Lipinski definition) is 1. The largest absolute Gasteiger partial charge is 0.379 e. The standard InChI is InChI=1S/C20H36N4O5/c1-4-7-10-26-13-15-16(27-11-8-5-2)17(28-12-9-6-3)20(29-15)24-14-22-19(23-24)18(21)25/h14-17,20H,4-13H2,1-3H3,(H2,21,25)/t15-,16-,17-,20-/m1/s1. The van der Waals surface area contributed by atoms with Crippen molar-refractivity contribution in [3.8, 4) is 0 Å². The summed E-state index contributed by atoms with van der Waals surface area (Å²) in [5.74, 6) is -0.729. The number of aromatic nitrogens is 3. The highest BCUT2D eigenvalue weighted by Gasteiger charge is 2.47. The first-order valence-electron chi connectivity index (χ1n) is 10.8. The topological polar surface area (TPSA) is 111 Å². The molecule has 1 aromatic heterocycles. The van der Waals surface area contributed by atoms with E-state index in [1.54, 1.807) is 0 Å². The second-order valence-corrected chi connectivity index (χ2v) is 7.28. The van der Waals surface area contributed by atoms with Crippen molar-refractivity contribution >= 4 is 5.91 Å². The third-order valence-electron chi connectivity index (χ3n) is 4.82. The van der Waals surface area contributed by atoms with Crippen LogP contribution in [0.5, 0.6) is 0 Å². The van der Waals surface area contributed by atoms with Crippen molar-refractivity contribution in [2.45, 2.75) is 83.8 Å². The molecule has 2 N–H and O–H groups in total. The fourth-order valence-corrected chi connectivity index (χ4v) is 3.12. The molecule has 0 radical (unpaired) electrons. The van der Waals surface area contributed by atoms with Gasteiger partial charge < -0.3 is 24.7 Å². The van der Waals surface area contributed by atoms with Crippen LogP contribution in [0.15, 0.2) is 6.33 Å². The molecule has 1 aliphatic heterocycles. The first-order chi connectivity index (χ1) is 14.1. The molecule has 0 unspecified atom stereocenters. The normalized spacial score (nSPS) is 24.2. The molecular weight excluding hydrogens is 376 g/mol. The van der Waals surface area contributed by atoms with Gasteiger partial charge in [0.1, 0.15) is 24.6 Å². The minimum Gasteiger partial charge on any atom is -0.379 e. The molecule has 2 rings (SSSR count). The van der Waals surface area contributed by atoms with E-state index in [9.17, 15) is 4.79 Å². The van der Waals surface area contributed by atoms with E-state index in [0.717, 1.165) is 38.5 Å². The molecule has 1 saturated heterocycles. The van der Waals surface area contributed by atoms with Gasteiger partial charge in [-0.15, -0.1) is 5.10 Å². The Bertz CT molecular complexity index is 597. The summed E-state index contributed by atoms with van der Waals surface area (Å²) in [4.78, 5) is 15.4. The summed E-state index contributed by atoms with van der Waals surface area (Å²) >= 11 is 0. The molecule has 0 spiro atoms. The summed E-state index contributed by atoms with van der Waals surface area (Å²) in [5.41, 5.74) is 5.29. The molecule has 0 aromatic carbocycles. The number of carbonyl (C=O) groups is 1. The highest BCUT2D eigenvalue weighted by atomic mass is 16.6. The minimum absolute atomic E-state index is 0.0491. The molecule has 29 heavy (non-hydrogen) atoms. The number of unbranched alkanes of at least 4 members (excludes halogenated alkanes) is 3. The Morgan fingerprint density at radius 3 is 2.28 bits per heavy atom. The molecule has 2 heterocycles. The molecule has 1 aliphatic rings. The first-order valence-corrected chi connectivity index (χ1v) is 10.8. The third-order valence-corrected chi connectivity index (χ3v) is 4.82. The van der Waals surface area contributed by atoms with E-state index in [2.05, 4.69) is 30.9 Å². The Kier molecular flexibility index (Phi) is 10.5. The van der Waals surface area contributed by atoms with E-state index < -0.39 is 12.1 Å². The SMILES string of the molecule is CCCCOC[C@H]1O[C@@H](n2cnc(C(N)=O)n2)[C@H](OCCCC)[C@@H]1OCCCC. The number of amides is 1. The lowest BCUT2D eigenvalue weighted by atomic mass is 10.1. The second kappa shape index (κ2) is 12.9. The molecule has 1 aromatic rings. The monoisotopic (exact) mass is 412 g/mol. The predicted octanol–water partition coefficient (Wildman–Crippen LogP) is 2.46. The quantitative estimate of drug-likeness (QED) is 0.441. The van der Waals surface area contributed by atoms with Crippen molar-refractivity contribution in [3.05, 3.63) is 12.2 Å². The van der Waals surface area contributed by atoms with Gasteiger partial charge in [0.15, 0.2) is 6.23 Å². The maximum atomic E-state index is 11.4. The Hall–Kier alpha value is -1.55. The summed E-state index contributed by atoms with van der Waals surface area (Å²) < 4.78 is 25.9. The highest BCUT2D eigenvalue weighted by molar-refractivity contribution is 5.88. The third kappa shape index (κ3) is 7.02. The number of rotatable bonds is 15. The van der Waals surface area contributed by atoms with E-state index in [4.69, 9.17) is 24.7 Å². The smallest absolute Gasteiger partial charge is 0.288 e. The van der Waals surface area contributed by atoms with E-state index in [0.29, 0.717) is 26.4 Å². The van der Waals surface area contributed by atoms with Gasteiger partial charge in [0, 0.05) is 19.8 Å². The van der Waals surface area contributed by atoms with Crippen molar-refractivity contribution in [1.82, 2.24) is 14.8 Å². The lowest BCUT2D eigenvalue weighted by Gasteiger charge is -2.24. The minimum atomic E-state index is -0.680. The van der Waals surface area contributed by atoms with E-state index >= 15 is 0 Å². The molecule has 0 bridgehead atoms. The lowest BCUT2D eigenvalue weighted by Crippen LogP contribution is -2.39. The van der Waals surface area contributed by atoms with E-state index in [1.807, 2.05) is 0 Å². The average Bonchev–Trinajstić information content (AvgIpc) is 3.32. The zero-order valence-corrected chi connectivity index (χ0v) is 17.9. The van der Waals surface area contributed by atoms with Gasteiger partial charge in [0.25, 0.3) is 5.91 Å². The molecule has 0 aliphatic carbocycles. The van der Waals surface area contributed by atoms with Gasteiger partial charge in [-0.25, -0.2) is 9.67 Å². The number of hydrogen-bond acceptors (Lipinski definition) is 7. The fourth-order valence-electron chi connectivity index (χ4n) is 3.12. The molecule has 0 saturated carbocycles. The van der Waals surface area contributed by atoms with Crippen molar-refractivity contribution < 1.29 is 23.7 Å². The van der Waals surface area contributed by atoms with Gasteiger partial charge >= 0.3 is 0 Å². The fraction of sp³-hybridized carbons (Fsp3) is 0.850. The summed E-state index contributed by atoms with van der Waals surface area (Å²) in [6.07, 6.45) is 5.98. The average molecular weight is 413 g/mol. The Morgan fingerprint density at radius 2 is 1.69 bits per heavy atom. The van der Waals surface area contributed by atoms with Crippen LogP contribution < -0.4 is 5.73 Å². The van der Waals surface area contributed by atoms with Crippen LogP contribution in [0.25, 0.3) is 0 Å². The van der Waals surface area contributed by atoms with Crippen LogP contribution in [-0.4, -0.2) is 65.4 Å². The summed E-state index contributed by atoms with van der Waals surface area (Å²) in [6.45, 7) is 8.68. The predicted molar refractivity (Wildman–Crippen MR) is 107 cm³/mol. The van der Waals surface area contributed by atoms with Crippen LogP contribution in [0.4, 0.5) is 0 Å². The molecule has 9 heteroatoms. The zero-order valence-electron chi connectivity index (χ0n) is 17.9. The number of nitrogens with two attached hydrogens (primary N) is 1. The Labute approximate surface area is 173 Å². The van der Waals surface area contributed by atoms with Crippen LogP contribution in [-0.2, 0) is 18.9 Å². The Balaban J connectivity index is 2.16. The van der Waals surface area contributed by atoms with Crippen LogP contribution in [0, 0.1) is 0 Å². The molecule has 9 nitrogen and oxygen atoms in total. The molecule has 1 amide bonds. The van der Waals surface area contributed by atoms with Crippen LogP contribution in [0.3, 0.4) is 0 Å². The van der Waals surface area contributed by atoms with Crippen molar-refractivity contribution in [1.29, 1.82) is 0 Å². The number of ether oxygens (including phenoxy) is 4. The van der Waals surface area contributed by atoms with E-state index in [1.165, 1.54) is 11.0 Å². The zero-order chi connectivity index (χ0) is 21.1. The number of carbonyl (C=O) groups excluding carboxylic acids is 1. The molecule has 166 valence electrons. The first kappa shape index (κ1) is 23.7. The highest BCUT2D eigenvalue weighted by Crippen LogP contribution is 2.34. The maximum absolute atomic E-state index is 11.4.